The molecule has 4 heterocycles. The number of benzene rings is 1. The van der Waals surface area contributed by atoms with Crippen LogP contribution in [0.5, 0.6) is 0 Å². The highest BCUT2D eigenvalue weighted by Crippen LogP contribution is 2.34. The molecular weight excluding hydrogens is 472 g/mol. The van der Waals surface area contributed by atoms with E-state index in [0.717, 1.165) is 92.1 Å². The van der Waals surface area contributed by atoms with Gasteiger partial charge in [-0.1, -0.05) is 52.0 Å². The van der Waals surface area contributed by atoms with E-state index >= 15 is 0 Å². The summed E-state index contributed by atoms with van der Waals surface area (Å²) < 4.78 is 38.4. The first kappa shape index (κ1) is 28.9. The van der Waals surface area contributed by atoms with Crippen LogP contribution in [-0.4, -0.2) is 79.3 Å². The highest BCUT2D eigenvalue weighted by molar-refractivity contribution is 5.21. The van der Waals surface area contributed by atoms with Crippen molar-refractivity contribution in [1.29, 1.82) is 0 Å². The van der Waals surface area contributed by atoms with Gasteiger partial charge < -0.3 is 33.2 Å². The van der Waals surface area contributed by atoms with Crippen molar-refractivity contribution in [2.45, 2.75) is 53.8 Å². The van der Waals surface area contributed by atoms with Gasteiger partial charge in [0.05, 0.1) is 92.5 Å². The van der Waals surface area contributed by atoms with Gasteiger partial charge in [-0.25, -0.2) is 0 Å². The fourth-order valence-corrected chi connectivity index (χ4v) is 4.67. The van der Waals surface area contributed by atoms with E-state index in [9.17, 15) is 0 Å². The molecule has 0 unspecified atom stereocenters. The summed E-state index contributed by atoms with van der Waals surface area (Å²) in [6.45, 7) is 20.1. The summed E-state index contributed by atoms with van der Waals surface area (Å²) >= 11 is 0. The predicted molar refractivity (Wildman–Crippen MR) is 142 cm³/mol. The lowest BCUT2D eigenvalue weighted by atomic mass is 9.84. The molecule has 0 bridgehead atoms. The molecule has 4 fully saturated rings. The molecule has 210 valence electrons. The predicted octanol–water partition coefficient (Wildman–Crippen LogP) is 4.65. The van der Waals surface area contributed by atoms with Gasteiger partial charge in [-0.05, 0) is 24.0 Å². The van der Waals surface area contributed by atoms with Crippen molar-refractivity contribution in [3.63, 3.8) is 0 Å². The minimum atomic E-state index is 0.217. The van der Waals surface area contributed by atoms with Gasteiger partial charge in [-0.15, -0.1) is 0 Å². The summed E-state index contributed by atoms with van der Waals surface area (Å²) in [7, 11) is 0. The number of hydrogen-bond donors (Lipinski definition) is 0. The second-order valence-electron chi connectivity index (χ2n) is 12.6. The maximum atomic E-state index is 5.88. The van der Waals surface area contributed by atoms with Crippen molar-refractivity contribution in [3.8, 4) is 0 Å². The van der Waals surface area contributed by atoms with Gasteiger partial charge in [-0.2, -0.15) is 0 Å². The highest BCUT2D eigenvalue weighted by atomic mass is 16.5. The third kappa shape index (κ3) is 7.98. The molecule has 7 heteroatoms. The molecule has 4 aliphatic heterocycles. The lowest BCUT2D eigenvalue weighted by Crippen LogP contribution is -2.48. The minimum Gasteiger partial charge on any atom is -0.380 e. The molecule has 0 aromatic heterocycles. The first-order valence-electron chi connectivity index (χ1n) is 13.9. The van der Waals surface area contributed by atoms with Gasteiger partial charge in [-0.3, -0.25) is 0 Å². The summed E-state index contributed by atoms with van der Waals surface area (Å²) in [5.74, 6) is 0. The average molecular weight is 521 g/mol. The standard InChI is InChI=1S/C19H28O4.C11H20O3/c1-3-19(14-23-15-19)13-21-9-17-6-4-16(5-7-17)8-20-10-18(2)11-22-12-18;1-3-11(8-14-9-11)7-13-6-10(2)4-12-5-10/h4-7H,3,8-15H2,1-2H3;3-9H2,1-2H3. The molecule has 0 radical (unpaired) electrons. The molecule has 0 saturated carbocycles. The molecule has 1 aromatic carbocycles. The van der Waals surface area contributed by atoms with Gasteiger partial charge in [0.25, 0.3) is 0 Å². The molecule has 37 heavy (non-hydrogen) atoms. The minimum absolute atomic E-state index is 0.217. The Morgan fingerprint density at radius 3 is 1.22 bits per heavy atom. The van der Waals surface area contributed by atoms with Gasteiger partial charge in [0.15, 0.2) is 0 Å². The summed E-state index contributed by atoms with van der Waals surface area (Å²) in [4.78, 5) is 0. The van der Waals surface area contributed by atoms with Crippen LogP contribution in [0.3, 0.4) is 0 Å². The Labute approximate surface area is 223 Å². The van der Waals surface area contributed by atoms with Crippen LogP contribution in [0.15, 0.2) is 24.3 Å². The SMILES string of the molecule is CCC1(COCC2(C)COC2)COC1.CCC1(COCc2ccc(COCC3(C)COC3)cc2)COC1. The summed E-state index contributed by atoms with van der Waals surface area (Å²) in [6.07, 6.45) is 2.27. The number of ether oxygens (including phenoxy) is 7. The second-order valence-corrected chi connectivity index (χ2v) is 12.6. The fraction of sp³-hybridized carbons (Fsp3) is 0.800. The van der Waals surface area contributed by atoms with Gasteiger partial charge in [0, 0.05) is 21.7 Å². The first-order valence-corrected chi connectivity index (χ1v) is 13.9. The van der Waals surface area contributed by atoms with E-state index in [1.807, 2.05) is 0 Å². The van der Waals surface area contributed by atoms with E-state index in [0.29, 0.717) is 18.6 Å². The molecule has 4 aliphatic rings. The maximum Gasteiger partial charge on any atom is 0.0717 e. The van der Waals surface area contributed by atoms with Crippen LogP contribution in [0.4, 0.5) is 0 Å². The lowest BCUT2D eigenvalue weighted by Gasteiger charge is -2.42. The Hall–Kier alpha value is -1.06. The zero-order valence-corrected chi connectivity index (χ0v) is 23.5. The van der Waals surface area contributed by atoms with Gasteiger partial charge in [0.1, 0.15) is 0 Å². The van der Waals surface area contributed by atoms with Gasteiger partial charge in [0.2, 0.25) is 0 Å². The number of rotatable bonds is 14. The summed E-state index contributed by atoms with van der Waals surface area (Å²) in [5.41, 5.74) is 3.48. The van der Waals surface area contributed by atoms with Gasteiger partial charge >= 0.3 is 0 Å². The zero-order chi connectivity index (χ0) is 26.2. The fourth-order valence-electron chi connectivity index (χ4n) is 4.67. The van der Waals surface area contributed by atoms with E-state index in [-0.39, 0.29) is 16.2 Å². The molecule has 1 aromatic rings. The zero-order valence-electron chi connectivity index (χ0n) is 23.5. The highest BCUT2D eigenvalue weighted by Gasteiger charge is 2.39. The van der Waals surface area contributed by atoms with Crippen molar-refractivity contribution in [1.82, 2.24) is 0 Å². The molecular formula is C30H48O7. The van der Waals surface area contributed by atoms with Crippen LogP contribution >= 0.6 is 0 Å². The molecule has 0 aliphatic carbocycles. The topological polar surface area (TPSA) is 64.6 Å². The quantitative estimate of drug-likeness (QED) is 0.354. The smallest absolute Gasteiger partial charge is 0.0717 e. The van der Waals surface area contributed by atoms with E-state index in [4.69, 9.17) is 33.2 Å². The van der Waals surface area contributed by atoms with Crippen molar-refractivity contribution in [2.75, 3.05) is 79.3 Å². The Morgan fingerprint density at radius 2 is 0.892 bits per heavy atom. The normalized spacial score (nSPS) is 23.9. The average Bonchev–Trinajstić information content (AvgIpc) is 2.82. The Balaban J connectivity index is 0.000000195. The van der Waals surface area contributed by atoms with E-state index in [1.165, 1.54) is 11.1 Å². The third-order valence-corrected chi connectivity index (χ3v) is 8.21. The summed E-state index contributed by atoms with van der Waals surface area (Å²) in [6, 6.07) is 8.51. The van der Waals surface area contributed by atoms with Crippen LogP contribution in [-0.2, 0) is 46.4 Å². The maximum absolute atomic E-state index is 5.88. The second kappa shape index (κ2) is 12.9. The molecule has 4 saturated heterocycles. The molecule has 0 atom stereocenters. The van der Waals surface area contributed by atoms with Crippen molar-refractivity contribution in [3.05, 3.63) is 35.4 Å². The summed E-state index contributed by atoms with van der Waals surface area (Å²) in [5, 5.41) is 0. The monoisotopic (exact) mass is 520 g/mol. The molecule has 5 rings (SSSR count). The van der Waals surface area contributed by atoms with Crippen LogP contribution in [0.1, 0.15) is 51.7 Å². The molecule has 0 spiro atoms. The Bertz CT molecular complexity index is 797. The van der Waals surface area contributed by atoms with E-state index in [1.54, 1.807) is 0 Å². The van der Waals surface area contributed by atoms with Crippen molar-refractivity contribution >= 4 is 0 Å². The van der Waals surface area contributed by atoms with Crippen LogP contribution in [0.25, 0.3) is 0 Å². The molecule has 7 nitrogen and oxygen atoms in total. The van der Waals surface area contributed by atoms with Crippen LogP contribution in [0.2, 0.25) is 0 Å². The largest absolute Gasteiger partial charge is 0.380 e. The van der Waals surface area contributed by atoms with E-state index < -0.39 is 0 Å². The lowest BCUT2D eigenvalue weighted by molar-refractivity contribution is -0.181. The van der Waals surface area contributed by atoms with Crippen LogP contribution < -0.4 is 0 Å². The van der Waals surface area contributed by atoms with Crippen LogP contribution in [0, 0.1) is 21.7 Å². The number of hydrogen-bond acceptors (Lipinski definition) is 7. The van der Waals surface area contributed by atoms with E-state index in [2.05, 4.69) is 52.0 Å². The first-order chi connectivity index (χ1) is 17.8. The van der Waals surface area contributed by atoms with Crippen molar-refractivity contribution < 1.29 is 33.2 Å². The Kier molecular flexibility index (Phi) is 10.1. The Morgan fingerprint density at radius 1 is 0.541 bits per heavy atom. The molecule has 0 N–H and O–H groups in total. The van der Waals surface area contributed by atoms with Crippen molar-refractivity contribution in [2.24, 2.45) is 21.7 Å². The molecule has 0 amide bonds. The third-order valence-electron chi connectivity index (χ3n) is 8.21.